The zero-order valence-electron chi connectivity index (χ0n) is 18.8. The average Bonchev–Trinajstić information content (AvgIpc) is 3.40. The lowest BCUT2D eigenvalue weighted by Gasteiger charge is -2.16. The first-order valence-corrected chi connectivity index (χ1v) is 14.0. The summed E-state index contributed by atoms with van der Waals surface area (Å²) in [4.78, 5) is 37.6. The number of hydrazine groups is 1. The van der Waals surface area contributed by atoms with Crippen LogP contribution < -0.4 is 16.2 Å². The summed E-state index contributed by atoms with van der Waals surface area (Å²) >= 11 is 4.45. The fraction of sp³-hybridized carbons (Fsp3) is 0.240. The van der Waals surface area contributed by atoms with Gasteiger partial charge >= 0.3 is 0 Å². The second-order valence-corrected chi connectivity index (χ2v) is 10.3. The number of nitrogens with one attached hydrogen (secondary N) is 3. The lowest BCUT2D eigenvalue weighted by molar-refractivity contribution is -0.109. The highest BCUT2D eigenvalue weighted by Crippen LogP contribution is 2.27. The third-order valence-corrected chi connectivity index (χ3v) is 7.34. The summed E-state index contributed by atoms with van der Waals surface area (Å²) in [6.07, 6.45) is 3.40. The van der Waals surface area contributed by atoms with E-state index < -0.39 is 6.04 Å². The van der Waals surface area contributed by atoms with Crippen molar-refractivity contribution in [1.29, 1.82) is 0 Å². The Morgan fingerprint density at radius 3 is 2.62 bits per heavy atom. The number of benzene rings is 2. The van der Waals surface area contributed by atoms with Crippen LogP contribution in [0.15, 0.2) is 66.0 Å². The number of thiophene rings is 1. The zero-order chi connectivity index (χ0) is 24.2. The summed E-state index contributed by atoms with van der Waals surface area (Å²) in [5, 5.41) is 4.80. The maximum atomic E-state index is 12.9. The Bertz CT molecular complexity index is 1080. The maximum Gasteiger partial charge on any atom is 0.279 e. The molecule has 0 aliphatic carbocycles. The Morgan fingerprint density at radius 1 is 1.09 bits per heavy atom. The second-order valence-electron chi connectivity index (χ2n) is 7.38. The number of amides is 2. The molecule has 0 saturated carbocycles. The number of hydrogen-bond acceptors (Lipinski definition) is 7. The van der Waals surface area contributed by atoms with E-state index >= 15 is 0 Å². The Hall–Kier alpha value is -2.59. The van der Waals surface area contributed by atoms with Gasteiger partial charge in [-0.25, -0.2) is 5.43 Å². The van der Waals surface area contributed by atoms with Crippen LogP contribution in [0.3, 0.4) is 0 Å². The third-order valence-electron chi connectivity index (χ3n) is 4.94. The number of carbonyl (C=O) groups excluding carboxylic acids is 3. The molecule has 0 bridgehead atoms. The first kappa shape index (κ1) is 26.0. The van der Waals surface area contributed by atoms with Crippen LogP contribution in [0.25, 0.3) is 11.1 Å². The highest BCUT2D eigenvalue weighted by Gasteiger charge is 2.16. The van der Waals surface area contributed by atoms with E-state index in [1.165, 1.54) is 11.8 Å². The van der Waals surface area contributed by atoms with Gasteiger partial charge < -0.3 is 10.1 Å². The molecular weight excluding hydrogens is 486 g/mol. The molecule has 0 radical (unpaired) electrons. The highest BCUT2D eigenvalue weighted by molar-refractivity contribution is 8.12. The summed E-state index contributed by atoms with van der Waals surface area (Å²) in [6, 6.07) is 18.7. The van der Waals surface area contributed by atoms with Crippen LogP contribution in [-0.4, -0.2) is 35.5 Å². The van der Waals surface area contributed by atoms with E-state index in [-0.39, 0.29) is 11.1 Å². The fourth-order valence-corrected chi connectivity index (χ4v) is 4.94. The van der Waals surface area contributed by atoms with Gasteiger partial charge in [0.2, 0.25) is 0 Å². The van der Waals surface area contributed by atoms with Crippen molar-refractivity contribution < 1.29 is 14.4 Å². The van der Waals surface area contributed by atoms with E-state index in [9.17, 15) is 14.4 Å². The molecule has 2 aromatic carbocycles. The fourth-order valence-electron chi connectivity index (χ4n) is 3.15. The molecule has 0 spiro atoms. The van der Waals surface area contributed by atoms with Crippen LogP contribution in [0.4, 0.5) is 4.79 Å². The van der Waals surface area contributed by atoms with Gasteiger partial charge in [-0.15, -0.1) is 11.3 Å². The van der Waals surface area contributed by atoms with Crippen LogP contribution >= 0.6 is 34.9 Å². The Morgan fingerprint density at radius 2 is 1.91 bits per heavy atom. The second kappa shape index (κ2) is 14.0. The largest absolute Gasteiger partial charge is 0.342 e. The zero-order valence-corrected chi connectivity index (χ0v) is 21.2. The van der Waals surface area contributed by atoms with E-state index in [4.69, 9.17) is 0 Å². The van der Waals surface area contributed by atoms with E-state index in [1.54, 1.807) is 29.2 Å². The molecule has 3 rings (SSSR count). The molecule has 3 N–H and O–H groups in total. The van der Waals surface area contributed by atoms with Gasteiger partial charge in [-0.2, -0.15) is 11.8 Å². The van der Waals surface area contributed by atoms with E-state index in [1.807, 2.05) is 66.2 Å². The highest BCUT2D eigenvalue weighted by atomic mass is 32.2. The minimum absolute atomic E-state index is 0.0918. The molecule has 1 unspecified atom stereocenters. The number of rotatable bonds is 12. The molecular formula is C25H27N3O3S3. The lowest BCUT2D eigenvalue weighted by Crippen LogP contribution is -2.45. The Balaban J connectivity index is 1.68. The molecule has 1 atom stereocenters. The van der Waals surface area contributed by atoms with Crippen LogP contribution in [0.1, 0.15) is 27.2 Å². The van der Waals surface area contributed by atoms with E-state index in [0.717, 1.165) is 33.6 Å². The van der Waals surface area contributed by atoms with Crippen molar-refractivity contribution in [2.45, 2.75) is 24.8 Å². The first-order valence-electron chi connectivity index (χ1n) is 10.7. The summed E-state index contributed by atoms with van der Waals surface area (Å²) < 4.78 is 0. The molecule has 0 aliphatic heterocycles. The molecule has 9 heteroatoms. The predicted octanol–water partition coefficient (Wildman–Crippen LogP) is 5.11. The van der Waals surface area contributed by atoms with Gasteiger partial charge in [0.1, 0.15) is 6.29 Å². The molecule has 1 aromatic heterocycles. The maximum absolute atomic E-state index is 12.9. The lowest BCUT2D eigenvalue weighted by atomic mass is 9.97. The first-order chi connectivity index (χ1) is 16.6. The molecule has 6 nitrogen and oxygen atoms in total. The minimum atomic E-state index is -0.445. The molecule has 1 heterocycles. The van der Waals surface area contributed by atoms with Crippen molar-refractivity contribution in [1.82, 2.24) is 16.2 Å². The van der Waals surface area contributed by atoms with Crippen LogP contribution in [0.5, 0.6) is 0 Å². The van der Waals surface area contributed by atoms with Crippen molar-refractivity contribution in [3.63, 3.8) is 0 Å². The number of hydrogen-bond donors (Lipinski definition) is 3. The standard InChI is InChI=1S/C25H27N3O3S3/c1-32-13-11-20(16-29)27-28-24(30)22-10-9-18(14-23(22)19-6-3-2-4-7-19)17-34-25(31)26-15-21-8-5-12-33-21/h2-10,12,14,16,20,27H,11,13,15,17H2,1H3,(H,26,31)(H,28,30). The number of aldehydes is 1. The molecule has 0 fully saturated rings. The summed E-state index contributed by atoms with van der Waals surface area (Å²) in [5.74, 6) is 0.982. The summed E-state index contributed by atoms with van der Waals surface area (Å²) in [6.45, 7) is 0.517. The summed E-state index contributed by atoms with van der Waals surface area (Å²) in [7, 11) is 0. The van der Waals surface area contributed by atoms with E-state index in [0.29, 0.717) is 24.3 Å². The van der Waals surface area contributed by atoms with Gasteiger partial charge in [0.25, 0.3) is 11.1 Å². The van der Waals surface area contributed by atoms with Crippen molar-refractivity contribution in [2.75, 3.05) is 12.0 Å². The third kappa shape index (κ3) is 8.02. The van der Waals surface area contributed by atoms with Crippen molar-refractivity contribution in [3.05, 3.63) is 82.0 Å². The quantitative estimate of drug-likeness (QED) is 0.230. The van der Waals surface area contributed by atoms with Crippen LogP contribution in [0.2, 0.25) is 0 Å². The Kier molecular flexibility index (Phi) is 10.7. The molecule has 0 saturated heterocycles. The monoisotopic (exact) mass is 513 g/mol. The molecule has 0 aliphatic rings. The van der Waals surface area contributed by atoms with Gasteiger partial charge in [0, 0.05) is 16.2 Å². The normalized spacial score (nSPS) is 11.6. The van der Waals surface area contributed by atoms with Gasteiger partial charge in [-0.3, -0.25) is 15.0 Å². The van der Waals surface area contributed by atoms with Gasteiger partial charge in [-0.1, -0.05) is 54.2 Å². The van der Waals surface area contributed by atoms with Crippen LogP contribution in [-0.2, 0) is 17.1 Å². The van der Waals surface area contributed by atoms with Crippen molar-refractivity contribution >= 4 is 52.3 Å². The topological polar surface area (TPSA) is 87.3 Å². The minimum Gasteiger partial charge on any atom is -0.342 e. The smallest absolute Gasteiger partial charge is 0.279 e. The molecule has 3 aromatic rings. The molecule has 34 heavy (non-hydrogen) atoms. The average molecular weight is 514 g/mol. The molecule has 178 valence electrons. The summed E-state index contributed by atoms with van der Waals surface area (Å²) in [5.41, 5.74) is 8.59. The van der Waals surface area contributed by atoms with Gasteiger partial charge in [-0.05, 0) is 58.7 Å². The van der Waals surface area contributed by atoms with E-state index in [2.05, 4.69) is 16.2 Å². The van der Waals surface area contributed by atoms with Gasteiger partial charge in [0.15, 0.2) is 0 Å². The predicted molar refractivity (Wildman–Crippen MR) is 143 cm³/mol. The number of carbonyl (C=O) groups is 3. The van der Waals surface area contributed by atoms with Crippen molar-refractivity contribution in [3.8, 4) is 11.1 Å². The van der Waals surface area contributed by atoms with Gasteiger partial charge in [0.05, 0.1) is 12.6 Å². The SMILES string of the molecule is CSCCC(C=O)NNC(=O)c1ccc(CSC(=O)NCc2cccs2)cc1-c1ccccc1. The molecule has 2 amide bonds. The Labute approximate surface area is 212 Å². The number of thioether (sulfide) groups is 2. The van der Waals surface area contributed by atoms with Crippen LogP contribution in [0, 0.1) is 0 Å². The van der Waals surface area contributed by atoms with Crippen molar-refractivity contribution in [2.24, 2.45) is 0 Å².